The number of hydrogen-bond donors (Lipinski definition) is 2. The standard InChI is InChI=1S/C12H11FN2O2S/c13-10-7-8(16)1-2-9(10)12(17)15-4-3-11-14-5-6-18-11/h1-2,5-7,16H,3-4H2,(H,15,17). The molecule has 1 heterocycles. The number of benzene rings is 1. The van der Waals surface area contributed by atoms with Gasteiger partial charge >= 0.3 is 0 Å². The molecule has 4 nitrogen and oxygen atoms in total. The van der Waals surface area contributed by atoms with E-state index < -0.39 is 11.7 Å². The average molecular weight is 266 g/mol. The number of nitrogens with zero attached hydrogens (tertiary/aromatic N) is 1. The van der Waals surface area contributed by atoms with Gasteiger partial charge in [0.2, 0.25) is 0 Å². The van der Waals surface area contributed by atoms with Crippen molar-refractivity contribution in [3.63, 3.8) is 0 Å². The van der Waals surface area contributed by atoms with Crippen molar-refractivity contribution < 1.29 is 14.3 Å². The lowest BCUT2D eigenvalue weighted by Gasteiger charge is -2.05. The number of phenolic OH excluding ortho intramolecular Hbond substituents is 1. The Balaban J connectivity index is 1.91. The molecule has 0 unspecified atom stereocenters. The van der Waals surface area contributed by atoms with Gasteiger partial charge in [-0.25, -0.2) is 9.37 Å². The van der Waals surface area contributed by atoms with Crippen LogP contribution in [0, 0.1) is 5.82 Å². The van der Waals surface area contributed by atoms with E-state index in [1.807, 2.05) is 5.38 Å². The molecule has 94 valence electrons. The first-order chi connectivity index (χ1) is 8.66. The second-order valence-corrected chi connectivity index (χ2v) is 4.58. The van der Waals surface area contributed by atoms with E-state index in [0.29, 0.717) is 13.0 Å². The van der Waals surface area contributed by atoms with E-state index in [2.05, 4.69) is 10.3 Å². The molecular formula is C12H11FN2O2S. The topological polar surface area (TPSA) is 62.2 Å². The minimum atomic E-state index is -0.734. The van der Waals surface area contributed by atoms with Crippen molar-refractivity contribution in [3.05, 3.63) is 46.2 Å². The van der Waals surface area contributed by atoms with Crippen LogP contribution in [0.2, 0.25) is 0 Å². The van der Waals surface area contributed by atoms with Gasteiger partial charge in [0.1, 0.15) is 11.6 Å². The lowest BCUT2D eigenvalue weighted by atomic mass is 10.2. The average Bonchev–Trinajstić information content (AvgIpc) is 2.81. The van der Waals surface area contributed by atoms with E-state index in [1.165, 1.54) is 23.5 Å². The molecule has 2 rings (SSSR count). The Morgan fingerprint density at radius 2 is 2.33 bits per heavy atom. The van der Waals surface area contributed by atoms with E-state index in [9.17, 15) is 9.18 Å². The Kier molecular flexibility index (Phi) is 3.88. The second kappa shape index (κ2) is 5.59. The number of aromatic nitrogens is 1. The molecule has 0 saturated heterocycles. The lowest BCUT2D eigenvalue weighted by molar-refractivity contribution is 0.0950. The summed E-state index contributed by atoms with van der Waals surface area (Å²) in [5.41, 5.74) is -0.0769. The van der Waals surface area contributed by atoms with Gasteiger partial charge in [-0.05, 0) is 12.1 Å². The SMILES string of the molecule is O=C(NCCc1nccs1)c1ccc(O)cc1F. The Labute approximate surface area is 107 Å². The molecule has 2 N–H and O–H groups in total. The highest BCUT2D eigenvalue weighted by atomic mass is 32.1. The molecule has 0 bridgehead atoms. The summed E-state index contributed by atoms with van der Waals surface area (Å²) in [7, 11) is 0. The highest BCUT2D eigenvalue weighted by Crippen LogP contribution is 2.14. The van der Waals surface area contributed by atoms with Crippen LogP contribution in [0.4, 0.5) is 4.39 Å². The molecule has 6 heteroatoms. The number of amides is 1. The molecule has 0 radical (unpaired) electrons. The maximum atomic E-state index is 13.4. The molecule has 0 aliphatic heterocycles. The number of carbonyl (C=O) groups excluding carboxylic acids is 1. The third-order valence-electron chi connectivity index (χ3n) is 2.31. The number of phenols is 1. The van der Waals surface area contributed by atoms with E-state index in [4.69, 9.17) is 5.11 Å². The molecule has 0 spiro atoms. The highest BCUT2D eigenvalue weighted by molar-refractivity contribution is 7.09. The predicted octanol–water partition coefficient (Wildman–Crippen LogP) is 1.96. The summed E-state index contributed by atoms with van der Waals surface area (Å²) < 4.78 is 13.4. The first kappa shape index (κ1) is 12.5. The summed E-state index contributed by atoms with van der Waals surface area (Å²) in [4.78, 5) is 15.7. The van der Waals surface area contributed by atoms with Crippen molar-refractivity contribution >= 4 is 17.2 Å². The number of aromatic hydroxyl groups is 1. The van der Waals surface area contributed by atoms with Gasteiger partial charge in [-0.2, -0.15) is 0 Å². The largest absolute Gasteiger partial charge is 0.508 e. The quantitative estimate of drug-likeness (QED) is 0.889. The van der Waals surface area contributed by atoms with Crippen LogP contribution in [0.15, 0.2) is 29.8 Å². The van der Waals surface area contributed by atoms with Crippen molar-refractivity contribution in [2.75, 3.05) is 6.54 Å². The monoisotopic (exact) mass is 266 g/mol. The van der Waals surface area contributed by atoms with Crippen molar-refractivity contribution in [3.8, 4) is 5.75 Å². The Morgan fingerprint density at radius 3 is 3.00 bits per heavy atom. The van der Waals surface area contributed by atoms with Gasteiger partial charge in [0.15, 0.2) is 0 Å². The number of rotatable bonds is 4. The third-order valence-corrected chi connectivity index (χ3v) is 3.14. The van der Waals surface area contributed by atoms with Crippen molar-refractivity contribution in [2.45, 2.75) is 6.42 Å². The van der Waals surface area contributed by atoms with Crippen LogP contribution >= 0.6 is 11.3 Å². The number of nitrogens with one attached hydrogen (secondary N) is 1. The fourth-order valence-corrected chi connectivity index (χ4v) is 2.06. The number of halogens is 1. The van der Waals surface area contributed by atoms with E-state index in [1.54, 1.807) is 6.20 Å². The van der Waals surface area contributed by atoms with E-state index >= 15 is 0 Å². The zero-order valence-electron chi connectivity index (χ0n) is 9.39. The zero-order valence-corrected chi connectivity index (χ0v) is 10.2. The minimum Gasteiger partial charge on any atom is -0.508 e. The summed E-state index contributed by atoms with van der Waals surface area (Å²) in [5, 5.41) is 14.4. The van der Waals surface area contributed by atoms with Gasteiger partial charge in [-0.15, -0.1) is 11.3 Å². The normalized spacial score (nSPS) is 10.3. The summed E-state index contributed by atoms with van der Waals surface area (Å²) in [6, 6.07) is 3.44. The van der Waals surface area contributed by atoms with E-state index in [-0.39, 0.29) is 11.3 Å². The molecule has 1 amide bonds. The lowest BCUT2D eigenvalue weighted by Crippen LogP contribution is -2.26. The summed E-state index contributed by atoms with van der Waals surface area (Å²) in [6.45, 7) is 0.395. The van der Waals surface area contributed by atoms with Crippen LogP contribution in [0.25, 0.3) is 0 Å². The van der Waals surface area contributed by atoms with Crippen molar-refractivity contribution in [1.29, 1.82) is 0 Å². The van der Waals surface area contributed by atoms with Gasteiger partial charge in [0, 0.05) is 30.6 Å². The molecule has 0 saturated carbocycles. The maximum Gasteiger partial charge on any atom is 0.254 e. The smallest absolute Gasteiger partial charge is 0.254 e. The molecule has 0 aliphatic carbocycles. The summed E-state index contributed by atoms with van der Waals surface area (Å²) >= 11 is 1.51. The van der Waals surface area contributed by atoms with Crippen LogP contribution in [0.3, 0.4) is 0 Å². The molecule has 0 fully saturated rings. The Bertz CT molecular complexity index is 543. The zero-order chi connectivity index (χ0) is 13.0. The van der Waals surface area contributed by atoms with Gasteiger partial charge in [0.25, 0.3) is 5.91 Å². The third kappa shape index (κ3) is 3.04. The van der Waals surface area contributed by atoms with Crippen LogP contribution in [-0.2, 0) is 6.42 Å². The van der Waals surface area contributed by atoms with Crippen LogP contribution < -0.4 is 5.32 Å². The molecule has 1 aromatic heterocycles. The fourth-order valence-electron chi connectivity index (χ4n) is 1.44. The minimum absolute atomic E-state index is 0.0769. The Morgan fingerprint density at radius 1 is 1.50 bits per heavy atom. The van der Waals surface area contributed by atoms with Crippen molar-refractivity contribution in [1.82, 2.24) is 10.3 Å². The molecule has 2 aromatic rings. The number of carbonyl (C=O) groups is 1. The Hall–Kier alpha value is -1.95. The van der Waals surface area contributed by atoms with Gasteiger partial charge < -0.3 is 10.4 Å². The van der Waals surface area contributed by atoms with Crippen LogP contribution in [0.5, 0.6) is 5.75 Å². The molecule has 1 aromatic carbocycles. The molecule has 18 heavy (non-hydrogen) atoms. The van der Waals surface area contributed by atoms with Crippen molar-refractivity contribution in [2.24, 2.45) is 0 Å². The van der Waals surface area contributed by atoms with Crippen LogP contribution in [-0.4, -0.2) is 22.5 Å². The first-order valence-electron chi connectivity index (χ1n) is 5.32. The predicted molar refractivity (Wildman–Crippen MR) is 66.2 cm³/mol. The van der Waals surface area contributed by atoms with Gasteiger partial charge in [-0.1, -0.05) is 0 Å². The summed E-state index contributed by atoms with van der Waals surface area (Å²) in [5.74, 6) is -1.43. The fraction of sp³-hybridized carbons (Fsp3) is 0.167. The highest BCUT2D eigenvalue weighted by Gasteiger charge is 2.11. The summed E-state index contributed by atoms with van der Waals surface area (Å²) in [6.07, 6.45) is 2.31. The van der Waals surface area contributed by atoms with Gasteiger partial charge in [0.05, 0.1) is 10.6 Å². The molecular weight excluding hydrogens is 255 g/mol. The molecule has 0 atom stereocenters. The van der Waals surface area contributed by atoms with Gasteiger partial charge in [-0.3, -0.25) is 4.79 Å². The number of thiazole rings is 1. The van der Waals surface area contributed by atoms with Crippen LogP contribution in [0.1, 0.15) is 15.4 Å². The maximum absolute atomic E-state index is 13.4. The molecule has 0 aliphatic rings. The number of hydrogen-bond acceptors (Lipinski definition) is 4. The second-order valence-electron chi connectivity index (χ2n) is 3.60. The van der Waals surface area contributed by atoms with E-state index in [0.717, 1.165) is 11.1 Å². The first-order valence-corrected chi connectivity index (χ1v) is 6.20.